The van der Waals surface area contributed by atoms with E-state index in [4.69, 9.17) is 11.6 Å². The molecule has 6 heteroatoms. The van der Waals surface area contributed by atoms with Crippen LogP contribution in [-0.4, -0.2) is 22.4 Å². The molecule has 0 saturated carbocycles. The highest BCUT2D eigenvalue weighted by Gasteiger charge is 2.11. The number of aromatic nitrogens is 2. The van der Waals surface area contributed by atoms with Gasteiger partial charge in [0.05, 0.1) is 0 Å². The predicted octanol–water partition coefficient (Wildman–Crippen LogP) is 4.46. The van der Waals surface area contributed by atoms with Gasteiger partial charge in [-0.1, -0.05) is 48.0 Å². The first-order valence-corrected chi connectivity index (χ1v) is 9.10. The van der Waals surface area contributed by atoms with Crippen molar-refractivity contribution >= 4 is 29.0 Å². The molecular weight excluding hydrogens is 360 g/mol. The van der Waals surface area contributed by atoms with Crippen LogP contribution in [-0.2, 0) is 6.42 Å². The number of hydrogen-bond donors (Lipinski definition) is 2. The van der Waals surface area contributed by atoms with Crippen molar-refractivity contribution in [3.63, 3.8) is 0 Å². The van der Waals surface area contributed by atoms with Crippen molar-refractivity contribution < 1.29 is 4.79 Å². The average Bonchev–Trinajstić information content (AvgIpc) is 2.65. The lowest BCUT2D eigenvalue weighted by atomic mass is 10.1. The molecular formula is C21H21ClN4O. The lowest BCUT2D eigenvalue weighted by Gasteiger charge is -2.11. The van der Waals surface area contributed by atoms with E-state index in [1.165, 1.54) is 5.56 Å². The van der Waals surface area contributed by atoms with E-state index in [-0.39, 0.29) is 5.91 Å². The van der Waals surface area contributed by atoms with Crippen molar-refractivity contribution in [1.82, 2.24) is 15.3 Å². The van der Waals surface area contributed by atoms with Gasteiger partial charge < -0.3 is 10.6 Å². The normalized spacial score (nSPS) is 10.5. The van der Waals surface area contributed by atoms with Crippen molar-refractivity contribution in [3.05, 3.63) is 82.3 Å². The van der Waals surface area contributed by atoms with E-state index in [2.05, 4.69) is 20.6 Å². The van der Waals surface area contributed by atoms with Crippen LogP contribution in [0.2, 0.25) is 5.02 Å². The number of nitrogens with zero attached hydrogens (tertiary/aromatic N) is 2. The van der Waals surface area contributed by atoms with E-state index in [9.17, 15) is 4.79 Å². The summed E-state index contributed by atoms with van der Waals surface area (Å²) < 4.78 is 0. The monoisotopic (exact) mass is 380 g/mol. The molecule has 1 aromatic heterocycles. The lowest BCUT2D eigenvalue weighted by molar-refractivity contribution is 0.0949. The third-order valence-corrected chi connectivity index (χ3v) is 4.31. The fraction of sp³-hybridized carbons (Fsp3) is 0.190. The van der Waals surface area contributed by atoms with Crippen LogP contribution in [0.15, 0.2) is 54.6 Å². The van der Waals surface area contributed by atoms with Gasteiger partial charge in [0, 0.05) is 23.3 Å². The molecule has 0 bridgehead atoms. The quantitative estimate of drug-likeness (QED) is 0.662. The number of halogens is 1. The zero-order valence-electron chi connectivity index (χ0n) is 15.3. The standard InChI is InChI=1S/C21H21ClN4O/c1-14-8-9-17(22)12-18(14)26-20-13-19(24-15(2)25-20)21(27)23-11-10-16-6-4-3-5-7-16/h3-9,12-13H,10-11H2,1-2H3,(H,23,27)(H,24,25,26). The molecule has 0 saturated heterocycles. The maximum atomic E-state index is 12.5. The maximum Gasteiger partial charge on any atom is 0.270 e. The van der Waals surface area contributed by atoms with Crippen LogP contribution in [0.3, 0.4) is 0 Å². The summed E-state index contributed by atoms with van der Waals surface area (Å²) in [6.45, 7) is 4.28. The second-order valence-corrected chi connectivity index (χ2v) is 6.70. The highest BCUT2D eigenvalue weighted by molar-refractivity contribution is 6.30. The average molecular weight is 381 g/mol. The lowest BCUT2D eigenvalue weighted by Crippen LogP contribution is -2.27. The van der Waals surface area contributed by atoms with Crippen LogP contribution in [0.25, 0.3) is 0 Å². The molecule has 1 amide bonds. The number of aryl methyl sites for hydroxylation is 2. The minimum Gasteiger partial charge on any atom is -0.350 e. The summed E-state index contributed by atoms with van der Waals surface area (Å²) >= 11 is 6.07. The number of benzene rings is 2. The fourth-order valence-electron chi connectivity index (χ4n) is 2.67. The van der Waals surface area contributed by atoms with Gasteiger partial charge in [-0.2, -0.15) is 0 Å². The van der Waals surface area contributed by atoms with Crippen molar-refractivity contribution in [3.8, 4) is 0 Å². The maximum absolute atomic E-state index is 12.5. The van der Waals surface area contributed by atoms with Crippen molar-refractivity contribution in [1.29, 1.82) is 0 Å². The number of hydrogen-bond acceptors (Lipinski definition) is 4. The molecule has 0 spiro atoms. The minimum atomic E-state index is -0.220. The molecule has 1 heterocycles. The summed E-state index contributed by atoms with van der Waals surface area (Å²) in [5, 5.41) is 6.76. The Morgan fingerprint density at radius 2 is 1.81 bits per heavy atom. The Bertz CT molecular complexity index is 944. The van der Waals surface area contributed by atoms with Crippen LogP contribution in [0.5, 0.6) is 0 Å². The van der Waals surface area contributed by atoms with Crippen molar-refractivity contribution in [2.24, 2.45) is 0 Å². The molecule has 2 aromatic carbocycles. The predicted molar refractivity (Wildman–Crippen MR) is 109 cm³/mol. The number of amides is 1. The molecule has 0 fully saturated rings. The van der Waals surface area contributed by atoms with Gasteiger partial charge in [0.1, 0.15) is 17.3 Å². The molecule has 0 aliphatic heterocycles. The summed E-state index contributed by atoms with van der Waals surface area (Å²) in [5.74, 6) is 0.858. The Morgan fingerprint density at radius 3 is 2.59 bits per heavy atom. The summed E-state index contributed by atoms with van der Waals surface area (Å²) in [7, 11) is 0. The van der Waals surface area contributed by atoms with Gasteiger partial charge in [-0.3, -0.25) is 4.79 Å². The first kappa shape index (κ1) is 18.9. The molecule has 0 atom stereocenters. The van der Waals surface area contributed by atoms with Gasteiger partial charge in [0.2, 0.25) is 0 Å². The van der Waals surface area contributed by atoms with Gasteiger partial charge in [0.15, 0.2) is 0 Å². The van der Waals surface area contributed by atoms with E-state index in [0.29, 0.717) is 28.9 Å². The minimum absolute atomic E-state index is 0.220. The first-order chi connectivity index (χ1) is 13.0. The molecule has 3 aromatic rings. The number of anilines is 2. The Balaban J connectivity index is 1.69. The Hall–Kier alpha value is -2.92. The first-order valence-electron chi connectivity index (χ1n) is 8.72. The molecule has 2 N–H and O–H groups in total. The summed E-state index contributed by atoms with van der Waals surface area (Å²) in [6, 6.07) is 17.3. The number of carbonyl (C=O) groups is 1. The fourth-order valence-corrected chi connectivity index (χ4v) is 2.84. The van der Waals surface area contributed by atoms with E-state index in [0.717, 1.165) is 17.7 Å². The Kier molecular flexibility index (Phi) is 6.04. The molecule has 0 aliphatic rings. The zero-order chi connectivity index (χ0) is 19.2. The van der Waals surface area contributed by atoms with E-state index < -0.39 is 0 Å². The second kappa shape index (κ2) is 8.64. The van der Waals surface area contributed by atoms with Crippen molar-refractivity contribution in [2.75, 3.05) is 11.9 Å². The molecule has 0 aliphatic carbocycles. The summed E-state index contributed by atoms with van der Waals surface area (Å²) in [6.07, 6.45) is 0.767. The largest absolute Gasteiger partial charge is 0.350 e. The zero-order valence-corrected chi connectivity index (χ0v) is 16.0. The smallest absolute Gasteiger partial charge is 0.270 e. The van der Waals surface area contributed by atoms with E-state index in [1.54, 1.807) is 13.0 Å². The van der Waals surface area contributed by atoms with Crippen LogP contribution >= 0.6 is 11.6 Å². The molecule has 138 valence electrons. The molecule has 27 heavy (non-hydrogen) atoms. The van der Waals surface area contributed by atoms with Gasteiger partial charge in [0.25, 0.3) is 5.91 Å². The van der Waals surface area contributed by atoms with Gasteiger partial charge >= 0.3 is 0 Å². The third kappa shape index (κ3) is 5.28. The van der Waals surface area contributed by atoms with Gasteiger partial charge in [-0.15, -0.1) is 0 Å². The molecule has 0 radical (unpaired) electrons. The topological polar surface area (TPSA) is 66.9 Å². The molecule has 5 nitrogen and oxygen atoms in total. The number of nitrogens with one attached hydrogen (secondary N) is 2. The van der Waals surface area contributed by atoms with Crippen molar-refractivity contribution in [2.45, 2.75) is 20.3 Å². The van der Waals surface area contributed by atoms with Gasteiger partial charge in [-0.05, 0) is 43.5 Å². The third-order valence-electron chi connectivity index (χ3n) is 4.07. The summed E-state index contributed by atoms with van der Waals surface area (Å²) in [4.78, 5) is 21.1. The highest BCUT2D eigenvalue weighted by Crippen LogP contribution is 2.23. The Labute approximate surface area is 163 Å². The van der Waals surface area contributed by atoms with E-state index in [1.807, 2.05) is 55.5 Å². The SMILES string of the molecule is Cc1nc(Nc2cc(Cl)ccc2C)cc(C(=O)NCCc2ccccc2)n1. The van der Waals surface area contributed by atoms with Crippen LogP contribution in [0, 0.1) is 13.8 Å². The second-order valence-electron chi connectivity index (χ2n) is 6.26. The summed E-state index contributed by atoms with van der Waals surface area (Å²) in [5.41, 5.74) is 3.38. The number of rotatable bonds is 6. The Morgan fingerprint density at radius 1 is 1.04 bits per heavy atom. The van der Waals surface area contributed by atoms with E-state index >= 15 is 0 Å². The highest BCUT2D eigenvalue weighted by atomic mass is 35.5. The number of carbonyl (C=O) groups excluding carboxylic acids is 1. The molecule has 0 unspecified atom stereocenters. The molecule has 3 rings (SSSR count). The van der Waals surface area contributed by atoms with Crippen LogP contribution in [0.1, 0.15) is 27.4 Å². The van der Waals surface area contributed by atoms with Crippen LogP contribution < -0.4 is 10.6 Å². The van der Waals surface area contributed by atoms with Gasteiger partial charge in [-0.25, -0.2) is 9.97 Å². The van der Waals surface area contributed by atoms with Crippen LogP contribution in [0.4, 0.5) is 11.5 Å².